The normalized spacial score (nSPS) is 10.9. The van der Waals surface area contributed by atoms with Crippen molar-refractivity contribution < 1.29 is 0 Å². The number of anilines is 2. The van der Waals surface area contributed by atoms with Crippen molar-refractivity contribution >= 4 is 33.6 Å². The average molecular weight is 284 g/mol. The summed E-state index contributed by atoms with van der Waals surface area (Å²) in [6, 6.07) is 7.96. The molecule has 4 nitrogen and oxygen atoms in total. The Hall–Kier alpha value is -2.14. The minimum atomic E-state index is 0.778. The quantitative estimate of drug-likeness (QED) is 0.750. The highest BCUT2D eigenvalue weighted by Gasteiger charge is 2.11. The molecule has 2 heterocycles. The lowest BCUT2D eigenvalue weighted by Crippen LogP contribution is -2.17. The number of nitrogens with two attached hydrogens (primary N) is 1. The molecule has 1 aromatic carbocycles. The average Bonchev–Trinajstić information content (AvgIpc) is 2.85. The summed E-state index contributed by atoms with van der Waals surface area (Å²) < 4.78 is 0. The molecular weight excluding hydrogens is 268 g/mol. The lowest BCUT2D eigenvalue weighted by Gasteiger charge is -2.21. The number of hydrogen-bond acceptors (Lipinski definition) is 5. The van der Waals surface area contributed by atoms with Gasteiger partial charge in [-0.05, 0) is 31.2 Å². The van der Waals surface area contributed by atoms with Crippen molar-refractivity contribution in [2.24, 2.45) is 0 Å². The maximum atomic E-state index is 6.29. The van der Waals surface area contributed by atoms with E-state index in [-0.39, 0.29) is 0 Å². The molecule has 0 radical (unpaired) electrons. The van der Waals surface area contributed by atoms with E-state index in [4.69, 9.17) is 5.73 Å². The first kappa shape index (κ1) is 12.9. The van der Waals surface area contributed by atoms with Gasteiger partial charge in [0.2, 0.25) is 0 Å². The first-order valence-corrected chi connectivity index (χ1v) is 7.28. The van der Waals surface area contributed by atoms with Gasteiger partial charge in [-0.15, -0.1) is 11.3 Å². The summed E-state index contributed by atoms with van der Waals surface area (Å²) in [5, 5.41) is 0.998. The van der Waals surface area contributed by atoms with Gasteiger partial charge in [-0.25, -0.2) is 4.98 Å². The van der Waals surface area contributed by atoms with Crippen molar-refractivity contribution in [3.63, 3.8) is 0 Å². The smallest absolute Gasteiger partial charge is 0.0798 e. The second-order valence-corrected chi connectivity index (χ2v) is 5.72. The number of benzene rings is 1. The maximum absolute atomic E-state index is 6.29. The lowest BCUT2D eigenvalue weighted by atomic mass is 10.1. The zero-order valence-corrected chi connectivity index (χ0v) is 12.3. The molecule has 2 N–H and O–H groups in total. The van der Waals surface area contributed by atoms with E-state index in [1.807, 2.05) is 43.7 Å². The molecule has 0 aliphatic carbocycles. The van der Waals surface area contributed by atoms with Crippen LogP contribution < -0.4 is 10.6 Å². The third-order valence-electron chi connectivity index (χ3n) is 3.44. The molecule has 0 aliphatic heterocycles. The zero-order valence-electron chi connectivity index (χ0n) is 11.5. The minimum absolute atomic E-state index is 0.778. The fourth-order valence-electron chi connectivity index (χ4n) is 2.28. The molecule has 2 aromatic heterocycles. The number of nitrogen functional groups attached to an aromatic ring is 1. The van der Waals surface area contributed by atoms with Crippen LogP contribution >= 0.6 is 11.3 Å². The van der Waals surface area contributed by atoms with E-state index >= 15 is 0 Å². The molecular formula is C15H16N4S. The second kappa shape index (κ2) is 5.09. The van der Waals surface area contributed by atoms with Crippen LogP contribution in [0.4, 0.5) is 11.4 Å². The van der Waals surface area contributed by atoms with Crippen molar-refractivity contribution in [3.05, 3.63) is 46.5 Å². The molecule has 20 heavy (non-hydrogen) atoms. The van der Waals surface area contributed by atoms with Crippen LogP contribution in [0.1, 0.15) is 10.6 Å². The van der Waals surface area contributed by atoms with Crippen LogP contribution in [0.25, 0.3) is 10.9 Å². The van der Waals surface area contributed by atoms with Crippen molar-refractivity contribution in [3.8, 4) is 0 Å². The van der Waals surface area contributed by atoms with E-state index in [1.165, 1.54) is 4.88 Å². The van der Waals surface area contributed by atoms with Gasteiger partial charge in [-0.2, -0.15) is 0 Å². The van der Waals surface area contributed by atoms with E-state index in [9.17, 15) is 0 Å². The molecule has 0 atom stereocenters. The van der Waals surface area contributed by atoms with Gasteiger partial charge in [-0.3, -0.25) is 4.98 Å². The Labute approximate surface area is 121 Å². The van der Waals surface area contributed by atoms with Gasteiger partial charge < -0.3 is 10.6 Å². The van der Waals surface area contributed by atoms with E-state index < -0.39 is 0 Å². The number of hydrogen-bond donors (Lipinski definition) is 1. The van der Waals surface area contributed by atoms with Gasteiger partial charge in [0.05, 0.1) is 34.6 Å². The molecule has 0 fully saturated rings. The fourth-order valence-corrected chi connectivity index (χ4v) is 3.10. The van der Waals surface area contributed by atoms with Gasteiger partial charge >= 0.3 is 0 Å². The predicted octanol–water partition coefficient (Wildman–Crippen LogP) is 3.22. The number of fused-ring (bicyclic) bond motifs is 1. The maximum Gasteiger partial charge on any atom is 0.0798 e. The number of rotatable bonds is 3. The van der Waals surface area contributed by atoms with Gasteiger partial charge in [0.1, 0.15) is 0 Å². The second-order valence-electron chi connectivity index (χ2n) is 4.79. The monoisotopic (exact) mass is 284 g/mol. The molecule has 0 unspecified atom stereocenters. The standard InChI is InChI=1S/C15H16N4S/c1-10-14(20-9-18-10)8-19(2)13-6-5-12-11(15(13)16)4-3-7-17-12/h3-7,9H,8,16H2,1-2H3. The number of thiazole rings is 1. The SMILES string of the molecule is Cc1ncsc1CN(C)c1ccc2ncccc2c1N. The third kappa shape index (κ3) is 2.20. The van der Waals surface area contributed by atoms with E-state index in [2.05, 4.69) is 14.9 Å². The van der Waals surface area contributed by atoms with Crippen LogP contribution in [0.15, 0.2) is 36.0 Å². The van der Waals surface area contributed by atoms with Crippen molar-refractivity contribution in [2.75, 3.05) is 17.7 Å². The Kier molecular flexibility index (Phi) is 3.28. The molecule has 0 saturated heterocycles. The first-order chi connectivity index (χ1) is 9.66. The molecule has 0 saturated carbocycles. The highest BCUT2D eigenvalue weighted by Crippen LogP contribution is 2.31. The topological polar surface area (TPSA) is 55.0 Å². The number of aryl methyl sites for hydroxylation is 1. The molecule has 0 spiro atoms. The van der Waals surface area contributed by atoms with Crippen LogP contribution in [0.3, 0.4) is 0 Å². The van der Waals surface area contributed by atoms with Gasteiger partial charge in [0.15, 0.2) is 0 Å². The largest absolute Gasteiger partial charge is 0.396 e. The van der Waals surface area contributed by atoms with Crippen LogP contribution in [-0.2, 0) is 6.54 Å². The van der Waals surface area contributed by atoms with Crippen LogP contribution in [0, 0.1) is 6.92 Å². The van der Waals surface area contributed by atoms with Crippen molar-refractivity contribution in [1.82, 2.24) is 9.97 Å². The summed E-state index contributed by atoms with van der Waals surface area (Å²) in [6.45, 7) is 2.85. The minimum Gasteiger partial charge on any atom is -0.396 e. The molecule has 0 bridgehead atoms. The van der Waals surface area contributed by atoms with E-state index in [1.54, 1.807) is 17.5 Å². The summed E-state index contributed by atoms with van der Waals surface area (Å²) in [7, 11) is 2.05. The predicted molar refractivity (Wildman–Crippen MR) is 85.1 cm³/mol. The van der Waals surface area contributed by atoms with E-state index in [0.29, 0.717) is 0 Å². The van der Waals surface area contributed by atoms with E-state index in [0.717, 1.165) is 34.5 Å². The fraction of sp³-hybridized carbons (Fsp3) is 0.200. The Bertz CT molecular complexity index is 750. The molecule has 3 rings (SSSR count). The van der Waals surface area contributed by atoms with Gasteiger partial charge in [0, 0.05) is 23.5 Å². The van der Waals surface area contributed by atoms with Crippen LogP contribution in [-0.4, -0.2) is 17.0 Å². The molecule has 3 aromatic rings. The van der Waals surface area contributed by atoms with Crippen LogP contribution in [0.2, 0.25) is 0 Å². The van der Waals surface area contributed by atoms with Gasteiger partial charge in [-0.1, -0.05) is 0 Å². The lowest BCUT2D eigenvalue weighted by molar-refractivity contribution is 0.928. The summed E-state index contributed by atoms with van der Waals surface area (Å²) in [6.07, 6.45) is 1.78. The molecule has 5 heteroatoms. The third-order valence-corrected chi connectivity index (χ3v) is 4.36. The highest BCUT2D eigenvalue weighted by molar-refractivity contribution is 7.09. The molecule has 102 valence electrons. The van der Waals surface area contributed by atoms with Crippen molar-refractivity contribution in [1.29, 1.82) is 0 Å². The van der Waals surface area contributed by atoms with Crippen molar-refractivity contribution in [2.45, 2.75) is 13.5 Å². The first-order valence-electron chi connectivity index (χ1n) is 6.40. The summed E-state index contributed by atoms with van der Waals surface area (Å²) >= 11 is 1.68. The summed E-state index contributed by atoms with van der Waals surface area (Å²) in [5.41, 5.74) is 12.0. The van der Waals surface area contributed by atoms with Crippen LogP contribution in [0.5, 0.6) is 0 Å². The zero-order chi connectivity index (χ0) is 14.1. The number of aromatic nitrogens is 2. The highest BCUT2D eigenvalue weighted by atomic mass is 32.1. The number of pyridine rings is 1. The Morgan fingerprint density at radius 1 is 1.25 bits per heavy atom. The Morgan fingerprint density at radius 2 is 2.10 bits per heavy atom. The molecule has 0 aliphatic rings. The number of nitrogens with zero attached hydrogens (tertiary/aromatic N) is 3. The van der Waals surface area contributed by atoms with Gasteiger partial charge in [0.25, 0.3) is 0 Å². The Morgan fingerprint density at radius 3 is 2.85 bits per heavy atom. The summed E-state index contributed by atoms with van der Waals surface area (Å²) in [5.74, 6) is 0. The molecule has 0 amide bonds. The summed E-state index contributed by atoms with van der Waals surface area (Å²) in [4.78, 5) is 12.0. The Balaban J connectivity index is 1.97.